The summed E-state index contributed by atoms with van der Waals surface area (Å²) in [7, 11) is 0. The summed E-state index contributed by atoms with van der Waals surface area (Å²) < 4.78 is 5.75. The molecule has 1 saturated carbocycles. The van der Waals surface area contributed by atoms with Gasteiger partial charge < -0.3 is 9.84 Å². The summed E-state index contributed by atoms with van der Waals surface area (Å²) in [6.45, 7) is 0.640. The number of carboxylic acid groups (broad SMARTS) is 1. The molecule has 1 fully saturated rings. The molecular weight excluding hydrogens is 292 g/mol. The molecule has 1 heterocycles. The molecule has 1 aliphatic carbocycles. The van der Waals surface area contributed by atoms with Crippen LogP contribution in [-0.4, -0.2) is 22.7 Å². The van der Waals surface area contributed by atoms with Gasteiger partial charge in [0.25, 0.3) is 0 Å². The second-order valence-electron chi connectivity index (χ2n) is 5.67. The van der Waals surface area contributed by atoms with Gasteiger partial charge in [0, 0.05) is 11.8 Å². The van der Waals surface area contributed by atoms with E-state index in [-0.39, 0.29) is 5.56 Å². The Morgan fingerprint density at radius 3 is 2.83 bits per heavy atom. The number of hydrogen-bond donors (Lipinski definition) is 1. The van der Waals surface area contributed by atoms with Gasteiger partial charge in [0.05, 0.1) is 23.4 Å². The van der Waals surface area contributed by atoms with Crippen molar-refractivity contribution in [3.05, 3.63) is 47.7 Å². The summed E-state index contributed by atoms with van der Waals surface area (Å²) in [4.78, 5) is 15.2. The van der Waals surface area contributed by atoms with Crippen molar-refractivity contribution in [2.45, 2.75) is 19.3 Å². The van der Waals surface area contributed by atoms with Gasteiger partial charge in [-0.25, -0.2) is 4.79 Å². The summed E-state index contributed by atoms with van der Waals surface area (Å²) in [5.74, 6) is 0.155. The van der Waals surface area contributed by atoms with Crippen molar-refractivity contribution < 1.29 is 14.6 Å². The van der Waals surface area contributed by atoms with E-state index in [2.05, 4.69) is 11.1 Å². The Hall–Kier alpha value is -2.87. The fourth-order valence-corrected chi connectivity index (χ4v) is 2.49. The summed E-state index contributed by atoms with van der Waals surface area (Å²) in [5, 5.41) is 18.4. The Labute approximate surface area is 134 Å². The van der Waals surface area contributed by atoms with Gasteiger partial charge in [0.2, 0.25) is 0 Å². The molecule has 0 saturated heterocycles. The first kappa shape index (κ1) is 15.0. The Kier molecular flexibility index (Phi) is 4.24. The molecule has 1 aromatic carbocycles. The van der Waals surface area contributed by atoms with Gasteiger partial charge in [-0.1, -0.05) is 6.42 Å². The third-order valence-corrected chi connectivity index (χ3v) is 4.10. The normalized spacial score (nSPS) is 13.9. The van der Waals surface area contributed by atoms with Crippen LogP contribution in [0.25, 0.3) is 11.3 Å². The molecule has 0 bridgehead atoms. The van der Waals surface area contributed by atoms with Crippen LogP contribution in [0.3, 0.4) is 0 Å². The van der Waals surface area contributed by atoms with Crippen molar-refractivity contribution in [2.24, 2.45) is 5.92 Å². The van der Waals surface area contributed by atoms with E-state index in [1.807, 2.05) is 0 Å². The highest BCUT2D eigenvalue weighted by molar-refractivity contribution is 5.88. The van der Waals surface area contributed by atoms with Gasteiger partial charge in [0.15, 0.2) is 0 Å². The average Bonchev–Trinajstić information content (AvgIpc) is 2.53. The quantitative estimate of drug-likeness (QED) is 0.914. The minimum atomic E-state index is -1.00. The maximum absolute atomic E-state index is 11.0. The minimum Gasteiger partial charge on any atom is -0.492 e. The van der Waals surface area contributed by atoms with Crippen molar-refractivity contribution in [2.75, 3.05) is 6.61 Å². The van der Waals surface area contributed by atoms with Crippen molar-refractivity contribution in [1.82, 2.24) is 4.98 Å². The van der Waals surface area contributed by atoms with Crippen LogP contribution in [0.15, 0.2) is 36.5 Å². The second-order valence-corrected chi connectivity index (χ2v) is 5.67. The molecule has 116 valence electrons. The second kappa shape index (κ2) is 6.49. The van der Waals surface area contributed by atoms with Crippen LogP contribution >= 0.6 is 0 Å². The van der Waals surface area contributed by atoms with Gasteiger partial charge >= 0.3 is 5.97 Å². The Morgan fingerprint density at radius 1 is 1.35 bits per heavy atom. The van der Waals surface area contributed by atoms with E-state index in [9.17, 15) is 10.1 Å². The summed E-state index contributed by atoms with van der Waals surface area (Å²) in [6.07, 6.45) is 5.08. The number of aromatic carboxylic acids is 1. The number of ether oxygens (including phenoxy) is 1. The number of pyridine rings is 1. The number of hydrogen-bond acceptors (Lipinski definition) is 4. The van der Waals surface area contributed by atoms with E-state index in [4.69, 9.17) is 9.84 Å². The fraction of sp³-hybridized carbons (Fsp3) is 0.278. The molecular formula is C18H16N2O3. The molecule has 0 aliphatic heterocycles. The van der Waals surface area contributed by atoms with Crippen LogP contribution < -0.4 is 4.74 Å². The smallest absolute Gasteiger partial charge is 0.335 e. The van der Waals surface area contributed by atoms with E-state index >= 15 is 0 Å². The number of carbonyl (C=O) groups is 1. The Bertz CT molecular complexity index is 776. The zero-order valence-corrected chi connectivity index (χ0v) is 12.5. The van der Waals surface area contributed by atoms with Gasteiger partial charge in [-0.3, -0.25) is 4.98 Å². The van der Waals surface area contributed by atoms with E-state index in [1.54, 1.807) is 18.2 Å². The van der Waals surface area contributed by atoms with Gasteiger partial charge in [-0.15, -0.1) is 0 Å². The SMILES string of the molecule is N#Cc1cc(-c2cc(C(=O)O)ccn2)ccc1OCC1CCC1. The fourth-order valence-electron chi connectivity index (χ4n) is 2.49. The Morgan fingerprint density at radius 2 is 2.17 bits per heavy atom. The first-order valence-electron chi connectivity index (χ1n) is 7.54. The molecule has 23 heavy (non-hydrogen) atoms. The molecule has 5 heteroatoms. The molecule has 3 rings (SSSR count). The maximum Gasteiger partial charge on any atom is 0.335 e. The molecule has 0 spiro atoms. The van der Waals surface area contributed by atoms with Crippen molar-refractivity contribution in [3.63, 3.8) is 0 Å². The molecule has 1 aliphatic rings. The average molecular weight is 308 g/mol. The Balaban J connectivity index is 1.84. The number of carboxylic acids is 1. The van der Waals surface area contributed by atoms with Crippen molar-refractivity contribution in [1.29, 1.82) is 5.26 Å². The van der Waals surface area contributed by atoms with Crippen LogP contribution in [0.2, 0.25) is 0 Å². The number of rotatable bonds is 5. The highest BCUT2D eigenvalue weighted by Gasteiger charge is 2.18. The first-order chi connectivity index (χ1) is 11.2. The molecule has 5 nitrogen and oxygen atoms in total. The lowest BCUT2D eigenvalue weighted by atomic mass is 9.86. The number of nitrogens with zero attached hydrogens (tertiary/aromatic N) is 2. The topological polar surface area (TPSA) is 83.2 Å². The molecule has 1 N–H and O–H groups in total. The highest BCUT2D eigenvalue weighted by atomic mass is 16.5. The summed E-state index contributed by atoms with van der Waals surface area (Å²) in [5.41, 5.74) is 1.82. The third kappa shape index (κ3) is 3.32. The van der Waals surface area contributed by atoms with Crippen LogP contribution in [0.5, 0.6) is 5.75 Å². The third-order valence-electron chi connectivity index (χ3n) is 4.10. The molecule has 0 radical (unpaired) electrons. The molecule has 2 aromatic rings. The molecule has 1 aromatic heterocycles. The zero-order chi connectivity index (χ0) is 16.2. The highest BCUT2D eigenvalue weighted by Crippen LogP contribution is 2.29. The molecule has 0 atom stereocenters. The van der Waals surface area contributed by atoms with E-state index in [0.717, 1.165) is 0 Å². The monoisotopic (exact) mass is 308 g/mol. The standard InChI is InChI=1S/C18H16N2O3/c19-10-15-8-13(16-9-14(18(21)22)6-7-20-16)4-5-17(15)23-11-12-2-1-3-12/h4-9,12H,1-3,11H2,(H,21,22). The summed E-state index contributed by atoms with van der Waals surface area (Å²) in [6, 6.07) is 10.3. The van der Waals surface area contributed by atoms with E-state index in [1.165, 1.54) is 37.6 Å². The lowest BCUT2D eigenvalue weighted by Crippen LogP contribution is -2.19. The predicted molar refractivity (Wildman–Crippen MR) is 84.2 cm³/mol. The minimum absolute atomic E-state index is 0.166. The first-order valence-corrected chi connectivity index (χ1v) is 7.54. The van der Waals surface area contributed by atoms with Gasteiger partial charge in [-0.2, -0.15) is 5.26 Å². The number of nitriles is 1. The van der Waals surface area contributed by atoms with Crippen LogP contribution in [-0.2, 0) is 0 Å². The van der Waals surface area contributed by atoms with E-state index in [0.29, 0.717) is 35.1 Å². The van der Waals surface area contributed by atoms with Gasteiger partial charge in [0.1, 0.15) is 11.8 Å². The maximum atomic E-state index is 11.0. The van der Waals surface area contributed by atoms with Crippen LogP contribution in [0, 0.1) is 17.2 Å². The lowest BCUT2D eigenvalue weighted by molar-refractivity contribution is 0.0697. The predicted octanol–water partition coefficient (Wildman–Crippen LogP) is 3.50. The van der Waals surface area contributed by atoms with Crippen LogP contribution in [0.1, 0.15) is 35.2 Å². The largest absolute Gasteiger partial charge is 0.492 e. The van der Waals surface area contributed by atoms with Crippen molar-refractivity contribution >= 4 is 5.97 Å². The summed E-state index contributed by atoms with van der Waals surface area (Å²) >= 11 is 0. The number of benzene rings is 1. The van der Waals surface area contributed by atoms with Crippen LogP contribution in [0.4, 0.5) is 0 Å². The van der Waals surface area contributed by atoms with E-state index < -0.39 is 5.97 Å². The lowest BCUT2D eigenvalue weighted by Gasteiger charge is -2.25. The van der Waals surface area contributed by atoms with Gasteiger partial charge in [-0.05, 0) is 49.1 Å². The molecule has 0 amide bonds. The zero-order valence-electron chi connectivity index (χ0n) is 12.5. The number of aromatic nitrogens is 1. The molecule has 0 unspecified atom stereocenters. The van der Waals surface area contributed by atoms with Crippen molar-refractivity contribution in [3.8, 4) is 23.1 Å².